The molecule has 0 aliphatic carbocycles. The molecule has 2 N–H and O–H groups in total. The van der Waals surface area contributed by atoms with E-state index in [2.05, 4.69) is 12.1 Å². The van der Waals surface area contributed by atoms with E-state index in [9.17, 15) is 4.79 Å². The summed E-state index contributed by atoms with van der Waals surface area (Å²) in [6.07, 6.45) is 4.52. The highest BCUT2D eigenvalue weighted by Crippen LogP contribution is 2.35. The molecule has 0 bridgehead atoms. The zero-order valence-corrected chi connectivity index (χ0v) is 16.1. The van der Waals surface area contributed by atoms with Crippen LogP contribution in [0.5, 0.6) is 0 Å². The molecule has 4 nitrogen and oxygen atoms in total. The average Bonchev–Trinajstić information content (AvgIpc) is 3.13. The van der Waals surface area contributed by atoms with Crippen LogP contribution in [0.1, 0.15) is 32.1 Å². The normalized spacial score (nSPS) is 10.8. The van der Waals surface area contributed by atoms with E-state index in [1.54, 1.807) is 11.8 Å². The zero-order valence-electron chi connectivity index (χ0n) is 15.3. The number of benzene rings is 2. The lowest BCUT2D eigenvalue weighted by Crippen LogP contribution is -2.09. The quantitative estimate of drug-likeness (QED) is 0.370. The highest BCUT2D eigenvalue weighted by molar-refractivity contribution is 7.99. The first kappa shape index (κ1) is 19.2. The Hall–Kier alpha value is -2.53. The van der Waals surface area contributed by atoms with E-state index >= 15 is 0 Å². The van der Waals surface area contributed by atoms with Crippen LogP contribution in [0, 0.1) is 0 Å². The van der Waals surface area contributed by atoms with Crippen molar-refractivity contribution in [3.63, 3.8) is 0 Å². The topological polar surface area (TPSA) is 69.1 Å². The molecule has 1 amide bonds. The number of oxazole rings is 1. The summed E-state index contributed by atoms with van der Waals surface area (Å²) in [6.45, 7) is 0. The predicted molar refractivity (Wildman–Crippen MR) is 110 cm³/mol. The van der Waals surface area contributed by atoms with Gasteiger partial charge in [0.1, 0.15) is 5.69 Å². The molecule has 0 unspecified atom stereocenters. The Bertz CT molecular complexity index is 790. The van der Waals surface area contributed by atoms with E-state index in [0.29, 0.717) is 11.6 Å². The molecule has 5 heteroatoms. The minimum atomic E-state index is -0.217. The van der Waals surface area contributed by atoms with Crippen molar-refractivity contribution in [2.75, 3.05) is 5.75 Å². The lowest BCUT2D eigenvalue weighted by molar-refractivity contribution is -0.118. The van der Waals surface area contributed by atoms with Crippen molar-refractivity contribution in [3.8, 4) is 22.6 Å². The molecule has 0 saturated carbocycles. The summed E-state index contributed by atoms with van der Waals surface area (Å²) in [4.78, 5) is 15.5. The van der Waals surface area contributed by atoms with Crippen LogP contribution in [-0.2, 0) is 4.79 Å². The number of aromatic nitrogens is 1. The summed E-state index contributed by atoms with van der Waals surface area (Å²) < 4.78 is 6.11. The van der Waals surface area contributed by atoms with Gasteiger partial charge in [0.15, 0.2) is 5.76 Å². The van der Waals surface area contributed by atoms with Crippen LogP contribution in [-0.4, -0.2) is 16.6 Å². The summed E-state index contributed by atoms with van der Waals surface area (Å²) >= 11 is 1.64. The molecule has 2 aromatic carbocycles. The third-order valence-electron chi connectivity index (χ3n) is 4.23. The van der Waals surface area contributed by atoms with Crippen LogP contribution in [0.2, 0.25) is 0 Å². The highest BCUT2D eigenvalue weighted by Gasteiger charge is 2.16. The Labute approximate surface area is 164 Å². The number of carbonyl (C=O) groups is 1. The van der Waals surface area contributed by atoms with Crippen LogP contribution < -0.4 is 5.73 Å². The fraction of sp³-hybridized carbons (Fsp3) is 0.273. The third kappa shape index (κ3) is 5.73. The third-order valence-corrected chi connectivity index (χ3v) is 5.15. The van der Waals surface area contributed by atoms with Gasteiger partial charge >= 0.3 is 0 Å². The summed E-state index contributed by atoms with van der Waals surface area (Å²) in [5.41, 5.74) is 8.12. The number of unbranched alkanes of at least 4 members (excludes halogenated alkanes) is 3. The fourth-order valence-electron chi connectivity index (χ4n) is 2.85. The van der Waals surface area contributed by atoms with Gasteiger partial charge in [0, 0.05) is 23.3 Å². The van der Waals surface area contributed by atoms with Crippen molar-refractivity contribution in [3.05, 3.63) is 60.7 Å². The summed E-state index contributed by atoms with van der Waals surface area (Å²) in [7, 11) is 0. The number of amides is 1. The lowest BCUT2D eigenvalue weighted by Gasteiger charge is -2.00. The molecule has 0 aliphatic heterocycles. The summed E-state index contributed by atoms with van der Waals surface area (Å²) in [5, 5.41) is 0.699. The maximum atomic E-state index is 10.7. The van der Waals surface area contributed by atoms with Gasteiger partial charge in [-0.2, -0.15) is 0 Å². The molecular weight excluding hydrogens is 356 g/mol. The first-order valence-corrected chi connectivity index (χ1v) is 10.3. The maximum Gasteiger partial charge on any atom is 0.256 e. The molecule has 0 aliphatic rings. The second kappa shape index (κ2) is 9.97. The molecule has 1 heterocycles. The number of nitrogens with two attached hydrogens (primary N) is 1. The summed E-state index contributed by atoms with van der Waals surface area (Å²) in [5.74, 6) is 1.54. The predicted octanol–water partition coefficient (Wildman–Crippen LogP) is 5.54. The Balaban J connectivity index is 1.65. The Morgan fingerprint density at radius 1 is 0.889 bits per heavy atom. The van der Waals surface area contributed by atoms with E-state index < -0.39 is 0 Å². The lowest BCUT2D eigenvalue weighted by atomic mass is 10.1. The fourth-order valence-corrected chi connectivity index (χ4v) is 3.67. The largest absolute Gasteiger partial charge is 0.431 e. The standard InChI is InChI=1S/C22H24N2O2S/c23-19(25)15-9-1-2-10-16-27-22-24-20(17-11-5-3-6-12-17)21(26-22)18-13-7-4-8-14-18/h3-8,11-14H,1-2,9-10,15-16H2,(H2,23,25). The van der Waals surface area contributed by atoms with Crippen LogP contribution in [0.15, 0.2) is 70.3 Å². The number of rotatable bonds is 10. The molecule has 1 aromatic heterocycles. The van der Waals surface area contributed by atoms with Gasteiger partial charge in [-0.1, -0.05) is 85.3 Å². The molecule has 0 saturated heterocycles. The number of hydrogen-bond donors (Lipinski definition) is 1. The van der Waals surface area contributed by atoms with Crippen LogP contribution in [0.25, 0.3) is 22.6 Å². The Morgan fingerprint density at radius 2 is 1.52 bits per heavy atom. The van der Waals surface area contributed by atoms with Gasteiger partial charge in [-0.05, 0) is 12.8 Å². The molecule has 140 valence electrons. The van der Waals surface area contributed by atoms with E-state index in [1.807, 2.05) is 48.5 Å². The van der Waals surface area contributed by atoms with Crippen LogP contribution in [0.3, 0.4) is 0 Å². The summed E-state index contributed by atoms with van der Waals surface area (Å²) in [6, 6.07) is 20.2. The van der Waals surface area contributed by atoms with Crippen molar-refractivity contribution < 1.29 is 9.21 Å². The number of nitrogens with zero attached hydrogens (tertiary/aromatic N) is 1. The van der Waals surface area contributed by atoms with Gasteiger partial charge in [0.25, 0.3) is 5.22 Å². The molecule has 3 aromatic rings. The van der Waals surface area contributed by atoms with E-state index in [-0.39, 0.29) is 5.91 Å². The Morgan fingerprint density at radius 3 is 2.19 bits per heavy atom. The molecule has 27 heavy (non-hydrogen) atoms. The van der Waals surface area contributed by atoms with E-state index in [0.717, 1.165) is 54.0 Å². The monoisotopic (exact) mass is 380 g/mol. The van der Waals surface area contributed by atoms with Crippen molar-refractivity contribution in [2.45, 2.75) is 37.3 Å². The van der Waals surface area contributed by atoms with E-state index in [4.69, 9.17) is 15.1 Å². The van der Waals surface area contributed by atoms with Gasteiger partial charge in [0.2, 0.25) is 5.91 Å². The van der Waals surface area contributed by atoms with E-state index in [1.165, 1.54) is 0 Å². The van der Waals surface area contributed by atoms with Crippen molar-refractivity contribution in [1.29, 1.82) is 0 Å². The molecule has 0 fully saturated rings. The molecule has 0 radical (unpaired) electrons. The molecular formula is C22H24N2O2S. The van der Waals surface area contributed by atoms with Gasteiger partial charge in [-0.25, -0.2) is 4.98 Å². The number of primary amides is 1. The highest BCUT2D eigenvalue weighted by atomic mass is 32.2. The zero-order chi connectivity index (χ0) is 18.9. The Kier molecular flexibility index (Phi) is 7.11. The minimum Gasteiger partial charge on any atom is -0.431 e. The smallest absolute Gasteiger partial charge is 0.256 e. The van der Waals surface area contributed by atoms with Gasteiger partial charge in [0.05, 0.1) is 0 Å². The van der Waals surface area contributed by atoms with Gasteiger partial charge < -0.3 is 10.2 Å². The average molecular weight is 381 g/mol. The number of hydrogen-bond acceptors (Lipinski definition) is 4. The molecule has 0 atom stereocenters. The maximum absolute atomic E-state index is 10.7. The molecule has 0 spiro atoms. The van der Waals surface area contributed by atoms with Gasteiger partial charge in [-0.15, -0.1) is 0 Å². The number of carbonyl (C=O) groups excluding carboxylic acids is 1. The molecule has 3 rings (SSSR count). The SMILES string of the molecule is NC(=O)CCCCCCSc1nc(-c2ccccc2)c(-c2ccccc2)o1. The number of thioether (sulfide) groups is 1. The van der Waals surface area contributed by atoms with Crippen LogP contribution >= 0.6 is 11.8 Å². The minimum absolute atomic E-state index is 0.217. The second-order valence-electron chi connectivity index (χ2n) is 6.37. The second-order valence-corrected chi connectivity index (χ2v) is 7.41. The first-order chi connectivity index (χ1) is 13.2. The van der Waals surface area contributed by atoms with Crippen molar-refractivity contribution in [2.24, 2.45) is 5.73 Å². The van der Waals surface area contributed by atoms with Gasteiger partial charge in [-0.3, -0.25) is 4.79 Å². The first-order valence-electron chi connectivity index (χ1n) is 9.27. The van der Waals surface area contributed by atoms with Crippen molar-refractivity contribution in [1.82, 2.24) is 4.98 Å². The van der Waals surface area contributed by atoms with Crippen LogP contribution in [0.4, 0.5) is 0 Å². The van der Waals surface area contributed by atoms with Crippen molar-refractivity contribution >= 4 is 17.7 Å².